The Morgan fingerprint density at radius 2 is 2.04 bits per heavy atom. The number of hydrogen-bond acceptors (Lipinski definition) is 4. The molecule has 1 unspecified atom stereocenters. The van der Waals surface area contributed by atoms with Gasteiger partial charge in [0.2, 0.25) is 0 Å². The Labute approximate surface area is 168 Å². The Hall–Kier alpha value is -1.61. The first kappa shape index (κ1) is 21.1. The Morgan fingerprint density at radius 1 is 1.29 bits per heavy atom. The van der Waals surface area contributed by atoms with E-state index < -0.39 is 17.3 Å². The third kappa shape index (κ3) is 5.26. The smallest absolute Gasteiger partial charge is 0.387 e. The van der Waals surface area contributed by atoms with E-state index >= 15 is 0 Å². The molecular weight excluding hydrogens is 389 g/mol. The molecule has 2 aliphatic heterocycles. The van der Waals surface area contributed by atoms with Crippen molar-refractivity contribution in [1.82, 2.24) is 10.2 Å². The summed E-state index contributed by atoms with van der Waals surface area (Å²) in [4.78, 5) is 8.71. The molecule has 2 heterocycles. The van der Waals surface area contributed by atoms with Crippen molar-refractivity contribution in [2.24, 2.45) is 4.99 Å². The van der Waals surface area contributed by atoms with Crippen LogP contribution in [-0.2, 0) is 6.18 Å². The molecule has 28 heavy (non-hydrogen) atoms. The van der Waals surface area contributed by atoms with Crippen LogP contribution < -0.4 is 10.2 Å². The van der Waals surface area contributed by atoms with Crippen molar-refractivity contribution in [3.63, 3.8) is 0 Å². The van der Waals surface area contributed by atoms with Crippen molar-refractivity contribution in [3.05, 3.63) is 29.8 Å². The van der Waals surface area contributed by atoms with E-state index in [1.165, 1.54) is 12.1 Å². The molecule has 0 aromatic heterocycles. The SMILES string of the molecule is CCNC(=NCC1(O)CCSC1)N1CCN(c2cccc(C(F)(F)F)c2)CC1. The van der Waals surface area contributed by atoms with Gasteiger partial charge >= 0.3 is 6.18 Å². The highest BCUT2D eigenvalue weighted by molar-refractivity contribution is 7.99. The number of nitrogens with zero attached hydrogens (tertiary/aromatic N) is 3. The zero-order valence-corrected chi connectivity index (χ0v) is 16.8. The average Bonchev–Trinajstić information content (AvgIpc) is 3.11. The first-order chi connectivity index (χ1) is 13.3. The predicted molar refractivity (Wildman–Crippen MR) is 108 cm³/mol. The van der Waals surface area contributed by atoms with Crippen molar-refractivity contribution in [2.75, 3.05) is 55.7 Å². The molecule has 5 nitrogen and oxygen atoms in total. The van der Waals surface area contributed by atoms with Gasteiger partial charge in [0.15, 0.2) is 5.96 Å². The minimum Gasteiger partial charge on any atom is -0.387 e. The maximum atomic E-state index is 13.0. The highest BCUT2D eigenvalue weighted by Crippen LogP contribution is 2.32. The summed E-state index contributed by atoms with van der Waals surface area (Å²) in [5.41, 5.74) is -0.760. The fraction of sp³-hybridized carbons (Fsp3) is 0.632. The van der Waals surface area contributed by atoms with E-state index in [9.17, 15) is 18.3 Å². The van der Waals surface area contributed by atoms with Gasteiger partial charge in [-0.3, -0.25) is 4.99 Å². The molecule has 9 heteroatoms. The molecule has 1 atom stereocenters. The van der Waals surface area contributed by atoms with Crippen LogP contribution in [0.1, 0.15) is 18.9 Å². The van der Waals surface area contributed by atoms with E-state index in [0.717, 1.165) is 30.7 Å². The van der Waals surface area contributed by atoms with Gasteiger partial charge in [-0.15, -0.1) is 0 Å². The van der Waals surface area contributed by atoms with Crippen LogP contribution in [0.15, 0.2) is 29.3 Å². The second kappa shape index (κ2) is 8.82. The van der Waals surface area contributed by atoms with Crippen molar-refractivity contribution in [2.45, 2.75) is 25.1 Å². The number of halogens is 3. The van der Waals surface area contributed by atoms with E-state index in [2.05, 4.69) is 15.2 Å². The summed E-state index contributed by atoms with van der Waals surface area (Å²) >= 11 is 1.74. The maximum Gasteiger partial charge on any atom is 0.416 e. The van der Waals surface area contributed by atoms with Gasteiger partial charge in [0, 0.05) is 44.2 Å². The minimum absolute atomic E-state index is 0.371. The van der Waals surface area contributed by atoms with Crippen LogP contribution in [0.5, 0.6) is 0 Å². The molecule has 156 valence electrons. The van der Waals surface area contributed by atoms with E-state index in [-0.39, 0.29) is 0 Å². The molecule has 0 amide bonds. The lowest BCUT2D eigenvalue weighted by Crippen LogP contribution is -2.53. The lowest BCUT2D eigenvalue weighted by Gasteiger charge is -2.38. The number of nitrogens with one attached hydrogen (secondary N) is 1. The van der Waals surface area contributed by atoms with Crippen molar-refractivity contribution in [3.8, 4) is 0 Å². The third-order valence-corrected chi connectivity index (χ3v) is 6.29. The molecule has 2 aliphatic rings. The number of alkyl halides is 3. The molecular formula is C19H27F3N4OS. The summed E-state index contributed by atoms with van der Waals surface area (Å²) in [6.07, 6.45) is -3.58. The van der Waals surface area contributed by atoms with E-state index in [0.29, 0.717) is 44.2 Å². The van der Waals surface area contributed by atoms with Gasteiger partial charge in [-0.05, 0) is 37.3 Å². The molecule has 1 aromatic rings. The normalized spacial score (nSPS) is 24.0. The summed E-state index contributed by atoms with van der Waals surface area (Å²) < 4.78 is 38.9. The maximum absolute atomic E-state index is 13.0. The lowest BCUT2D eigenvalue weighted by molar-refractivity contribution is -0.137. The molecule has 0 aliphatic carbocycles. The number of hydrogen-bond donors (Lipinski definition) is 2. The Morgan fingerprint density at radius 3 is 2.64 bits per heavy atom. The van der Waals surface area contributed by atoms with Crippen LogP contribution in [0.2, 0.25) is 0 Å². The Bertz CT molecular complexity index is 684. The summed E-state index contributed by atoms with van der Waals surface area (Å²) in [5, 5.41) is 13.8. The van der Waals surface area contributed by atoms with Gasteiger partial charge in [0.25, 0.3) is 0 Å². The van der Waals surface area contributed by atoms with Gasteiger partial charge < -0.3 is 20.2 Å². The van der Waals surface area contributed by atoms with Crippen molar-refractivity contribution >= 4 is 23.4 Å². The third-order valence-electron chi connectivity index (χ3n) is 5.06. The Kier molecular flexibility index (Phi) is 6.65. The second-order valence-electron chi connectivity index (χ2n) is 7.22. The number of guanidine groups is 1. The fourth-order valence-corrected chi connectivity index (χ4v) is 4.71. The van der Waals surface area contributed by atoms with E-state index in [1.54, 1.807) is 17.8 Å². The van der Waals surface area contributed by atoms with Gasteiger partial charge in [0.1, 0.15) is 0 Å². The number of benzene rings is 1. The van der Waals surface area contributed by atoms with Crippen molar-refractivity contribution < 1.29 is 18.3 Å². The molecule has 2 fully saturated rings. The van der Waals surface area contributed by atoms with Crippen LogP contribution >= 0.6 is 11.8 Å². The lowest BCUT2D eigenvalue weighted by atomic mass is 10.0. The fourth-order valence-electron chi connectivity index (χ4n) is 3.42. The number of aliphatic hydroxyl groups is 1. The van der Waals surface area contributed by atoms with Gasteiger partial charge in [-0.1, -0.05) is 6.07 Å². The molecule has 1 aromatic carbocycles. The topological polar surface area (TPSA) is 51.1 Å². The first-order valence-corrected chi connectivity index (χ1v) is 10.7. The minimum atomic E-state index is -4.33. The second-order valence-corrected chi connectivity index (χ2v) is 8.32. The first-order valence-electron chi connectivity index (χ1n) is 9.56. The monoisotopic (exact) mass is 416 g/mol. The zero-order valence-electron chi connectivity index (χ0n) is 16.0. The van der Waals surface area contributed by atoms with Gasteiger partial charge in [0.05, 0.1) is 17.7 Å². The zero-order chi connectivity index (χ0) is 20.2. The van der Waals surface area contributed by atoms with E-state index in [1.807, 2.05) is 11.8 Å². The van der Waals surface area contributed by atoms with Crippen LogP contribution in [0.4, 0.5) is 18.9 Å². The molecule has 2 N–H and O–H groups in total. The molecule has 2 saturated heterocycles. The van der Waals surface area contributed by atoms with Gasteiger partial charge in [-0.25, -0.2) is 0 Å². The average molecular weight is 417 g/mol. The summed E-state index contributed by atoms with van der Waals surface area (Å²) in [6, 6.07) is 5.48. The molecule has 0 spiro atoms. The highest BCUT2D eigenvalue weighted by Gasteiger charge is 2.33. The molecule has 0 saturated carbocycles. The molecule has 0 radical (unpaired) electrons. The number of aliphatic imine (C=N–C) groups is 1. The number of rotatable bonds is 4. The predicted octanol–water partition coefficient (Wildman–Crippen LogP) is 2.66. The number of anilines is 1. The summed E-state index contributed by atoms with van der Waals surface area (Å²) in [5.74, 6) is 2.42. The standard InChI is InChI=1S/C19H27F3N4OS/c1-2-23-17(24-13-18(27)6-11-28-14-18)26-9-7-25(8-10-26)16-5-3-4-15(12-16)19(20,21)22/h3-5,12,27H,2,6-11,13-14H2,1H3,(H,23,24). The molecule has 3 rings (SSSR count). The van der Waals surface area contributed by atoms with E-state index in [4.69, 9.17) is 0 Å². The highest BCUT2D eigenvalue weighted by atomic mass is 32.2. The van der Waals surface area contributed by atoms with Crippen LogP contribution in [0, 0.1) is 0 Å². The van der Waals surface area contributed by atoms with Crippen LogP contribution in [0.25, 0.3) is 0 Å². The van der Waals surface area contributed by atoms with Gasteiger partial charge in [-0.2, -0.15) is 24.9 Å². The largest absolute Gasteiger partial charge is 0.416 e. The van der Waals surface area contributed by atoms with Crippen molar-refractivity contribution in [1.29, 1.82) is 0 Å². The quantitative estimate of drug-likeness (QED) is 0.584. The van der Waals surface area contributed by atoms with Crippen LogP contribution in [-0.4, -0.2) is 72.3 Å². The summed E-state index contributed by atoms with van der Waals surface area (Å²) in [7, 11) is 0. The number of piperazine rings is 1. The Balaban J connectivity index is 1.62. The molecule has 0 bridgehead atoms. The van der Waals surface area contributed by atoms with Crippen LogP contribution in [0.3, 0.4) is 0 Å². The number of thioether (sulfide) groups is 1. The summed E-state index contributed by atoms with van der Waals surface area (Å²) in [6.45, 7) is 5.65.